The Morgan fingerprint density at radius 3 is 2.32 bits per heavy atom. The van der Waals surface area contributed by atoms with Crippen molar-refractivity contribution in [2.24, 2.45) is 0 Å². The highest BCUT2D eigenvalue weighted by atomic mass is 32.2. The van der Waals surface area contributed by atoms with Crippen molar-refractivity contribution in [1.82, 2.24) is 4.31 Å². The first kappa shape index (κ1) is 15.8. The number of piperidine rings is 1. The summed E-state index contributed by atoms with van der Waals surface area (Å²) < 4.78 is 28.2. The first-order chi connectivity index (χ1) is 10.4. The maximum absolute atomic E-state index is 13.2. The maximum Gasteiger partial charge on any atom is 0.243 e. The number of sulfonamides is 1. The smallest absolute Gasteiger partial charge is 0.207 e. The minimum atomic E-state index is -3.45. The summed E-state index contributed by atoms with van der Waals surface area (Å²) >= 11 is 0. The lowest BCUT2D eigenvalue weighted by Gasteiger charge is -2.49. The summed E-state index contributed by atoms with van der Waals surface area (Å²) in [6.07, 6.45) is 7.35. The maximum atomic E-state index is 13.2. The fourth-order valence-electron chi connectivity index (χ4n) is 3.87. The van der Waals surface area contributed by atoms with Crippen molar-refractivity contribution in [3.8, 4) is 0 Å². The number of hydrogen-bond donors (Lipinski definition) is 0. The van der Waals surface area contributed by atoms with Gasteiger partial charge in [-0.25, -0.2) is 8.42 Å². The Labute approximate surface area is 134 Å². The zero-order valence-corrected chi connectivity index (χ0v) is 14.2. The molecule has 1 spiro atoms. The molecule has 1 heterocycles. The van der Waals surface area contributed by atoms with Crippen molar-refractivity contribution in [2.75, 3.05) is 6.54 Å². The van der Waals surface area contributed by atoms with Crippen molar-refractivity contribution in [3.63, 3.8) is 0 Å². The second-order valence-corrected chi connectivity index (χ2v) is 8.72. The Balaban J connectivity index is 2.01. The normalized spacial score (nSPS) is 22.9. The van der Waals surface area contributed by atoms with E-state index >= 15 is 0 Å². The molecule has 1 aliphatic heterocycles. The monoisotopic (exact) mass is 319 g/mol. The summed E-state index contributed by atoms with van der Waals surface area (Å²) in [5.41, 5.74) is 1.93. The summed E-state index contributed by atoms with van der Waals surface area (Å²) in [5, 5.41) is 0. The molecule has 0 N–H and O–H groups in total. The van der Waals surface area contributed by atoms with Gasteiger partial charge >= 0.3 is 0 Å². The van der Waals surface area contributed by atoms with E-state index in [1.807, 2.05) is 19.1 Å². The van der Waals surface area contributed by atoms with Gasteiger partial charge in [0.05, 0.1) is 4.90 Å². The standard InChI is InChI=1S/C18H25NO2S/c1-15-6-8-17(9-7-15)22(20,21)19-14-16(2)10-13-18(19)11-4-3-5-12-18/h6-9H,2-5,10-14H2,1H3. The van der Waals surface area contributed by atoms with Gasteiger partial charge in [0.15, 0.2) is 0 Å². The van der Waals surface area contributed by atoms with E-state index in [1.54, 1.807) is 16.4 Å². The lowest BCUT2D eigenvalue weighted by Crippen LogP contribution is -2.55. The lowest BCUT2D eigenvalue weighted by molar-refractivity contribution is 0.107. The van der Waals surface area contributed by atoms with E-state index in [-0.39, 0.29) is 5.54 Å². The van der Waals surface area contributed by atoms with Crippen molar-refractivity contribution >= 4 is 10.0 Å². The van der Waals surface area contributed by atoms with E-state index in [2.05, 4.69) is 6.58 Å². The van der Waals surface area contributed by atoms with Gasteiger partial charge in [0.25, 0.3) is 0 Å². The van der Waals surface area contributed by atoms with E-state index in [0.717, 1.165) is 49.7 Å². The molecule has 0 atom stereocenters. The number of benzene rings is 1. The molecule has 2 aliphatic rings. The van der Waals surface area contributed by atoms with Crippen LogP contribution in [0.3, 0.4) is 0 Å². The van der Waals surface area contributed by atoms with Crippen LogP contribution in [0, 0.1) is 6.92 Å². The van der Waals surface area contributed by atoms with Gasteiger partial charge in [0.2, 0.25) is 10.0 Å². The Morgan fingerprint density at radius 2 is 1.68 bits per heavy atom. The average molecular weight is 319 g/mol. The topological polar surface area (TPSA) is 37.4 Å². The zero-order chi connectivity index (χ0) is 15.8. The molecule has 0 aromatic heterocycles. The van der Waals surface area contributed by atoms with Crippen LogP contribution in [0.1, 0.15) is 50.5 Å². The Kier molecular flexibility index (Phi) is 4.17. The van der Waals surface area contributed by atoms with Gasteiger partial charge in [-0.2, -0.15) is 4.31 Å². The fourth-order valence-corrected chi connectivity index (χ4v) is 5.74. The molecule has 0 amide bonds. The average Bonchev–Trinajstić information content (AvgIpc) is 2.51. The van der Waals surface area contributed by atoms with Crippen LogP contribution in [0.5, 0.6) is 0 Å². The minimum absolute atomic E-state index is 0.177. The van der Waals surface area contributed by atoms with Gasteiger partial charge in [-0.3, -0.25) is 0 Å². The third kappa shape index (κ3) is 2.74. The Bertz CT molecular complexity index is 655. The molecule has 1 aromatic carbocycles. The van der Waals surface area contributed by atoms with E-state index in [9.17, 15) is 8.42 Å². The number of hydrogen-bond acceptors (Lipinski definition) is 2. The molecule has 0 unspecified atom stereocenters. The highest BCUT2D eigenvalue weighted by Crippen LogP contribution is 2.44. The van der Waals surface area contributed by atoms with E-state index in [0.29, 0.717) is 11.4 Å². The van der Waals surface area contributed by atoms with E-state index < -0.39 is 10.0 Å². The number of aryl methyl sites for hydroxylation is 1. The number of rotatable bonds is 2. The summed E-state index contributed by atoms with van der Waals surface area (Å²) in [7, 11) is -3.45. The minimum Gasteiger partial charge on any atom is -0.207 e. The van der Waals surface area contributed by atoms with Crippen LogP contribution in [-0.4, -0.2) is 24.8 Å². The molecule has 2 fully saturated rings. The lowest BCUT2D eigenvalue weighted by atomic mass is 9.75. The summed E-state index contributed by atoms with van der Waals surface area (Å²) in [6, 6.07) is 7.22. The van der Waals surface area contributed by atoms with Crippen molar-refractivity contribution in [2.45, 2.75) is 62.3 Å². The van der Waals surface area contributed by atoms with E-state index in [4.69, 9.17) is 0 Å². The molecule has 0 radical (unpaired) electrons. The third-order valence-electron chi connectivity index (χ3n) is 5.23. The first-order valence-electron chi connectivity index (χ1n) is 8.20. The van der Waals surface area contributed by atoms with Gasteiger partial charge in [-0.1, -0.05) is 49.1 Å². The van der Waals surface area contributed by atoms with Gasteiger partial charge in [-0.15, -0.1) is 0 Å². The summed E-state index contributed by atoms with van der Waals surface area (Å²) in [4.78, 5) is 0.415. The highest BCUT2D eigenvalue weighted by Gasteiger charge is 2.46. The Hall–Kier alpha value is -1.13. The van der Waals surface area contributed by atoms with Crippen LogP contribution in [0.2, 0.25) is 0 Å². The summed E-state index contributed by atoms with van der Waals surface area (Å²) in [5.74, 6) is 0. The predicted molar refractivity (Wildman–Crippen MR) is 89.3 cm³/mol. The second-order valence-electron chi connectivity index (χ2n) is 6.86. The van der Waals surface area contributed by atoms with Crippen LogP contribution in [0.15, 0.2) is 41.3 Å². The van der Waals surface area contributed by atoms with Crippen molar-refractivity contribution < 1.29 is 8.42 Å². The predicted octanol–water partition coefficient (Wildman–Crippen LogP) is 4.04. The molecule has 1 aromatic rings. The second kappa shape index (κ2) is 5.82. The molecule has 1 saturated carbocycles. The van der Waals surface area contributed by atoms with Crippen LogP contribution >= 0.6 is 0 Å². The van der Waals surface area contributed by atoms with E-state index in [1.165, 1.54) is 6.42 Å². The quantitative estimate of drug-likeness (QED) is 0.772. The molecule has 1 aliphatic carbocycles. The van der Waals surface area contributed by atoms with Gasteiger partial charge < -0.3 is 0 Å². The highest BCUT2D eigenvalue weighted by molar-refractivity contribution is 7.89. The fraction of sp³-hybridized carbons (Fsp3) is 0.556. The van der Waals surface area contributed by atoms with Crippen LogP contribution in [-0.2, 0) is 10.0 Å². The van der Waals surface area contributed by atoms with Crippen LogP contribution in [0.25, 0.3) is 0 Å². The number of nitrogens with zero attached hydrogens (tertiary/aromatic N) is 1. The van der Waals surface area contributed by atoms with Gasteiger partial charge in [-0.05, 0) is 44.7 Å². The molecular weight excluding hydrogens is 294 g/mol. The van der Waals surface area contributed by atoms with Crippen LogP contribution in [0.4, 0.5) is 0 Å². The third-order valence-corrected chi connectivity index (χ3v) is 7.20. The zero-order valence-electron chi connectivity index (χ0n) is 13.3. The van der Waals surface area contributed by atoms with Crippen molar-refractivity contribution in [3.05, 3.63) is 42.0 Å². The van der Waals surface area contributed by atoms with Crippen molar-refractivity contribution in [1.29, 1.82) is 0 Å². The molecule has 0 bridgehead atoms. The van der Waals surface area contributed by atoms with Crippen LogP contribution < -0.4 is 0 Å². The molecular formula is C18H25NO2S. The molecule has 4 heteroatoms. The summed E-state index contributed by atoms with van der Waals surface area (Å²) in [6.45, 7) is 6.51. The molecule has 22 heavy (non-hydrogen) atoms. The molecule has 1 saturated heterocycles. The molecule has 120 valence electrons. The SMILES string of the molecule is C=C1CCC2(CCCCC2)N(S(=O)(=O)c2ccc(C)cc2)C1. The van der Waals surface area contributed by atoms with Gasteiger partial charge in [0, 0.05) is 12.1 Å². The largest absolute Gasteiger partial charge is 0.243 e. The first-order valence-corrected chi connectivity index (χ1v) is 9.64. The Morgan fingerprint density at radius 1 is 1.05 bits per heavy atom. The molecule has 3 rings (SSSR count). The molecule has 3 nitrogen and oxygen atoms in total. The van der Waals surface area contributed by atoms with Gasteiger partial charge in [0.1, 0.15) is 0 Å².